The highest BCUT2D eigenvalue weighted by molar-refractivity contribution is 5.81. The van der Waals surface area contributed by atoms with Crippen molar-refractivity contribution in [2.24, 2.45) is 10.9 Å². The van der Waals surface area contributed by atoms with Crippen LogP contribution in [0.1, 0.15) is 33.1 Å². The number of nitrogens with two attached hydrogens (primary N) is 1. The van der Waals surface area contributed by atoms with Gasteiger partial charge >= 0.3 is 0 Å². The second-order valence-corrected chi connectivity index (χ2v) is 3.96. The van der Waals surface area contributed by atoms with Gasteiger partial charge in [-0.3, -0.25) is 0 Å². The number of piperidine rings is 1. The summed E-state index contributed by atoms with van der Waals surface area (Å²) in [5.74, 6) is 0.218. The standard InChI is InChI=1S/C9H20N4O/c1-7-4-3-5-8(2)13(7)11-6-9(10)12-14/h7-8,11,14H,3-6H2,1-2H3,(H2,10,12). The van der Waals surface area contributed by atoms with Crippen molar-refractivity contribution in [1.82, 2.24) is 10.4 Å². The topological polar surface area (TPSA) is 73.9 Å². The summed E-state index contributed by atoms with van der Waals surface area (Å²) in [6.07, 6.45) is 3.69. The second kappa shape index (κ2) is 5.17. The number of hydrogen-bond acceptors (Lipinski definition) is 4. The fourth-order valence-electron chi connectivity index (χ4n) is 1.94. The quantitative estimate of drug-likeness (QED) is 0.268. The molecule has 5 heteroatoms. The summed E-state index contributed by atoms with van der Waals surface area (Å²) in [6.45, 7) is 4.79. The molecule has 5 nitrogen and oxygen atoms in total. The molecule has 0 amide bonds. The summed E-state index contributed by atoms with van der Waals surface area (Å²) in [4.78, 5) is 0. The van der Waals surface area contributed by atoms with Gasteiger partial charge in [0, 0.05) is 12.1 Å². The van der Waals surface area contributed by atoms with E-state index in [1.165, 1.54) is 19.3 Å². The number of oxime groups is 1. The molecule has 4 N–H and O–H groups in total. The van der Waals surface area contributed by atoms with Crippen LogP contribution in [-0.4, -0.2) is 34.7 Å². The Hall–Kier alpha value is -0.810. The Labute approximate surface area is 84.9 Å². The zero-order valence-electron chi connectivity index (χ0n) is 8.90. The Kier molecular flexibility index (Phi) is 4.16. The largest absolute Gasteiger partial charge is 0.409 e. The van der Waals surface area contributed by atoms with E-state index < -0.39 is 0 Å². The van der Waals surface area contributed by atoms with Crippen LogP contribution in [0.25, 0.3) is 0 Å². The first-order chi connectivity index (χ1) is 6.65. The first kappa shape index (κ1) is 11.3. The van der Waals surface area contributed by atoms with Gasteiger partial charge in [0.2, 0.25) is 0 Å². The molecule has 82 valence electrons. The van der Waals surface area contributed by atoms with E-state index in [1.807, 2.05) is 0 Å². The number of rotatable bonds is 3. The van der Waals surface area contributed by atoms with E-state index in [2.05, 4.69) is 29.4 Å². The van der Waals surface area contributed by atoms with Gasteiger partial charge in [-0.25, -0.2) is 10.4 Å². The fourth-order valence-corrected chi connectivity index (χ4v) is 1.94. The summed E-state index contributed by atoms with van der Waals surface area (Å²) in [5, 5.41) is 13.5. The molecule has 1 aliphatic heterocycles. The van der Waals surface area contributed by atoms with Gasteiger partial charge in [-0.15, -0.1) is 0 Å². The van der Waals surface area contributed by atoms with Crippen LogP contribution >= 0.6 is 0 Å². The number of nitrogens with zero attached hydrogens (tertiary/aromatic N) is 2. The van der Waals surface area contributed by atoms with E-state index in [0.29, 0.717) is 18.6 Å². The maximum atomic E-state index is 8.40. The summed E-state index contributed by atoms with van der Waals surface area (Å²) in [5.41, 5.74) is 8.58. The lowest BCUT2D eigenvalue weighted by Gasteiger charge is -2.38. The van der Waals surface area contributed by atoms with Gasteiger partial charge in [-0.2, -0.15) is 0 Å². The summed E-state index contributed by atoms with van der Waals surface area (Å²) in [6, 6.07) is 1.04. The minimum atomic E-state index is 0.218. The molecular weight excluding hydrogens is 180 g/mol. The maximum absolute atomic E-state index is 8.40. The van der Waals surface area contributed by atoms with Crippen molar-refractivity contribution in [2.75, 3.05) is 6.54 Å². The molecule has 0 spiro atoms. The molecule has 1 rings (SSSR count). The number of hydrogen-bond donors (Lipinski definition) is 3. The molecule has 0 aromatic carbocycles. The van der Waals surface area contributed by atoms with Gasteiger partial charge in [0.1, 0.15) is 0 Å². The fraction of sp³-hybridized carbons (Fsp3) is 0.889. The molecule has 1 fully saturated rings. The molecular formula is C9H20N4O. The maximum Gasteiger partial charge on any atom is 0.154 e. The molecule has 0 saturated carbocycles. The number of nitrogens with one attached hydrogen (secondary N) is 1. The van der Waals surface area contributed by atoms with Crippen molar-refractivity contribution in [3.8, 4) is 0 Å². The summed E-state index contributed by atoms with van der Waals surface area (Å²) >= 11 is 0. The van der Waals surface area contributed by atoms with Crippen LogP contribution in [0.4, 0.5) is 0 Å². The Bertz CT molecular complexity index is 197. The Balaban J connectivity index is 2.40. The highest BCUT2D eigenvalue weighted by Crippen LogP contribution is 2.19. The molecule has 2 atom stereocenters. The third-order valence-corrected chi connectivity index (χ3v) is 2.76. The predicted octanol–water partition coefficient (Wildman–Crippen LogP) is 0.500. The molecule has 0 aliphatic carbocycles. The van der Waals surface area contributed by atoms with Crippen molar-refractivity contribution in [3.63, 3.8) is 0 Å². The molecule has 0 bridgehead atoms. The van der Waals surface area contributed by atoms with Crippen LogP contribution in [0, 0.1) is 0 Å². The Morgan fingerprint density at radius 2 is 2.07 bits per heavy atom. The third-order valence-electron chi connectivity index (χ3n) is 2.76. The first-order valence-electron chi connectivity index (χ1n) is 5.13. The van der Waals surface area contributed by atoms with Crippen LogP contribution in [0.2, 0.25) is 0 Å². The minimum Gasteiger partial charge on any atom is -0.409 e. The van der Waals surface area contributed by atoms with Crippen molar-refractivity contribution in [1.29, 1.82) is 0 Å². The molecule has 1 aliphatic rings. The molecule has 1 saturated heterocycles. The van der Waals surface area contributed by atoms with Crippen LogP contribution in [0.3, 0.4) is 0 Å². The van der Waals surface area contributed by atoms with Crippen LogP contribution in [-0.2, 0) is 0 Å². The normalized spacial score (nSPS) is 30.6. The lowest BCUT2D eigenvalue weighted by atomic mass is 10.00. The van der Waals surface area contributed by atoms with E-state index in [9.17, 15) is 0 Å². The Morgan fingerprint density at radius 1 is 1.50 bits per heavy atom. The Morgan fingerprint density at radius 3 is 2.57 bits per heavy atom. The van der Waals surface area contributed by atoms with Crippen LogP contribution < -0.4 is 11.2 Å². The average molecular weight is 200 g/mol. The van der Waals surface area contributed by atoms with E-state index >= 15 is 0 Å². The third kappa shape index (κ3) is 2.85. The van der Waals surface area contributed by atoms with Gasteiger partial charge in [-0.1, -0.05) is 11.6 Å². The first-order valence-corrected chi connectivity index (χ1v) is 5.13. The molecule has 2 unspecified atom stereocenters. The van der Waals surface area contributed by atoms with Crippen molar-refractivity contribution >= 4 is 5.84 Å². The molecule has 0 radical (unpaired) electrons. The predicted molar refractivity (Wildman–Crippen MR) is 56.0 cm³/mol. The van der Waals surface area contributed by atoms with Gasteiger partial charge < -0.3 is 10.9 Å². The van der Waals surface area contributed by atoms with Gasteiger partial charge in [0.25, 0.3) is 0 Å². The summed E-state index contributed by atoms with van der Waals surface area (Å²) in [7, 11) is 0. The second-order valence-electron chi connectivity index (χ2n) is 3.96. The van der Waals surface area contributed by atoms with Gasteiger partial charge in [0.05, 0.1) is 6.54 Å². The highest BCUT2D eigenvalue weighted by atomic mass is 16.4. The minimum absolute atomic E-state index is 0.218. The van der Waals surface area contributed by atoms with Crippen LogP contribution in [0.15, 0.2) is 5.16 Å². The van der Waals surface area contributed by atoms with Crippen LogP contribution in [0.5, 0.6) is 0 Å². The van der Waals surface area contributed by atoms with E-state index in [1.54, 1.807) is 0 Å². The lowest BCUT2D eigenvalue weighted by molar-refractivity contribution is 0.0525. The molecule has 0 aromatic rings. The number of hydrazine groups is 1. The van der Waals surface area contributed by atoms with Crippen molar-refractivity contribution < 1.29 is 5.21 Å². The monoisotopic (exact) mass is 200 g/mol. The average Bonchev–Trinajstić information content (AvgIpc) is 2.16. The highest BCUT2D eigenvalue weighted by Gasteiger charge is 2.24. The number of amidine groups is 1. The SMILES string of the molecule is CC1CCCC(C)N1NC/C(N)=N/O. The van der Waals surface area contributed by atoms with Gasteiger partial charge in [0.15, 0.2) is 5.84 Å². The zero-order chi connectivity index (χ0) is 10.6. The lowest BCUT2D eigenvalue weighted by Crippen LogP contribution is -2.54. The van der Waals surface area contributed by atoms with Crippen molar-refractivity contribution in [3.05, 3.63) is 0 Å². The van der Waals surface area contributed by atoms with Gasteiger partial charge in [-0.05, 0) is 26.7 Å². The zero-order valence-corrected chi connectivity index (χ0v) is 8.90. The molecule has 1 heterocycles. The molecule has 14 heavy (non-hydrogen) atoms. The van der Waals surface area contributed by atoms with E-state index in [0.717, 1.165) is 0 Å². The van der Waals surface area contributed by atoms with E-state index in [4.69, 9.17) is 10.9 Å². The van der Waals surface area contributed by atoms with Crippen molar-refractivity contribution in [2.45, 2.75) is 45.2 Å². The summed E-state index contributed by atoms with van der Waals surface area (Å²) < 4.78 is 0. The molecule has 0 aromatic heterocycles. The van der Waals surface area contributed by atoms with E-state index in [-0.39, 0.29) is 5.84 Å². The smallest absolute Gasteiger partial charge is 0.154 e.